The number of para-hydroxylation sites is 1. The van der Waals surface area contributed by atoms with Crippen molar-refractivity contribution in [2.24, 2.45) is 5.92 Å². The van der Waals surface area contributed by atoms with E-state index in [9.17, 15) is 4.79 Å². The summed E-state index contributed by atoms with van der Waals surface area (Å²) in [5.41, 5.74) is 3.96. The van der Waals surface area contributed by atoms with E-state index >= 15 is 0 Å². The Hall–Kier alpha value is -1.98. The van der Waals surface area contributed by atoms with E-state index < -0.39 is 0 Å². The molecule has 0 bridgehead atoms. The van der Waals surface area contributed by atoms with Gasteiger partial charge in [-0.3, -0.25) is 4.79 Å². The average Bonchev–Trinajstić information content (AvgIpc) is 3.10. The maximum absolute atomic E-state index is 12.9. The van der Waals surface area contributed by atoms with Gasteiger partial charge in [0.25, 0.3) is 5.91 Å². The Bertz CT molecular complexity index is 1010. The highest BCUT2D eigenvalue weighted by atomic mass is 35.5. The number of fused-ring (bicyclic) bond motifs is 4. The summed E-state index contributed by atoms with van der Waals surface area (Å²) in [6.07, 6.45) is 2.90. The fraction of sp³-hybridized carbons (Fsp3) is 0.316. The second-order valence-corrected chi connectivity index (χ2v) is 8.49. The van der Waals surface area contributed by atoms with Crippen LogP contribution in [0.2, 0.25) is 5.15 Å². The monoisotopic (exact) mass is 371 g/mol. The molecule has 6 heteroatoms. The number of nitrogens with one attached hydrogen (secondary N) is 3. The molecule has 1 amide bonds. The number of thiophene rings is 1. The fourth-order valence-corrected chi connectivity index (χ4v) is 5.77. The van der Waals surface area contributed by atoms with Gasteiger partial charge in [-0.2, -0.15) is 0 Å². The van der Waals surface area contributed by atoms with Crippen LogP contribution in [-0.4, -0.2) is 10.9 Å². The first-order valence-electron chi connectivity index (χ1n) is 8.60. The molecule has 0 spiro atoms. The van der Waals surface area contributed by atoms with Crippen LogP contribution >= 0.6 is 22.9 Å². The third-order valence-corrected chi connectivity index (χ3v) is 6.76. The molecule has 2 aliphatic rings. The van der Waals surface area contributed by atoms with Crippen LogP contribution in [-0.2, 0) is 12.8 Å². The zero-order chi connectivity index (χ0) is 17.1. The van der Waals surface area contributed by atoms with Crippen LogP contribution in [0, 0.1) is 5.92 Å². The van der Waals surface area contributed by atoms with Gasteiger partial charge in [-0.1, -0.05) is 36.7 Å². The number of aromatic nitrogens is 1. The Kier molecular flexibility index (Phi) is 3.37. The second kappa shape index (κ2) is 5.51. The van der Waals surface area contributed by atoms with E-state index in [-0.39, 0.29) is 12.1 Å². The largest absolute Gasteiger partial charge is 0.352 e. The molecule has 0 fully saturated rings. The van der Waals surface area contributed by atoms with E-state index in [1.165, 1.54) is 10.4 Å². The van der Waals surface area contributed by atoms with Crippen LogP contribution < -0.4 is 10.6 Å². The maximum atomic E-state index is 12.9. The molecule has 0 radical (unpaired) electrons. The molecule has 25 heavy (non-hydrogen) atoms. The van der Waals surface area contributed by atoms with Crippen molar-refractivity contribution >= 4 is 44.7 Å². The summed E-state index contributed by atoms with van der Waals surface area (Å²) in [5.74, 6) is 0.696. The van der Waals surface area contributed by atoms with Gasteiger partial charge >= 0.3 is 0 Å². The number of rotatable bonds is 1. The van der Waals surface area contributed by atoms with E-state index in [1.807, 2.05) is 24.3 Å². The molecule has 0 saturated heterocycles. The minimum Gasteiger partial charge on any atom is -0.352 e. The number of aromatic amines is 1. The van der Waals surface area contributed by atoms with E-state index in [4.69, 9.17) is 11.6 Å². The predicted molar refractivity (Wildman–Crippen MR) is 103 cm³/mol. The lowest BCUT2D eigenvalue weighted by atomic mass is 9.88. The number of carbonyl (C=O) groups is 1. The van der Waals surface area contributed by atoms with E-state index in [2.05, 4.69) is 22.5 Å². The second-order valence-electron chi connectivity index (χ2n) is 7.00. The van der Waals surface area contributed by atoms with Gasteiger partial charge in [-0.25, -0.2) is 0 Å². The molecule has 3 heterocycles. The van der Waals surface area contributed by atoms with Crippen molar-refractivity contribution < 1.29 is 4.79 Å². The highest BCUT2D eigenvalue weighted by Gasteiger charge is 2.34. The van der Waals surface area contributed by atoms with Crippen molar-refractivity contribution in [1.29, 1.82) is 0 Å². The molecule has 3 N–H and O–H groups in total. The predicted octanol–water partition coefficient (Wildman–Crippen LogP) is 4.86. The number of anilines is 1. The Labute approximate surface area is 154 Å². The minimum absolute atomic E-state index is 0.00662. The normalized spacial score (nSPS) is 22.2. The summed E-state index contributed by atoms with van der Waals surface area (Å²) in [7, 11) is 0. The Balaban J connectivity index is 1.59. The highest BCUT2D eigenvalue weighted by molar-refractivity contribution is 7.16. The molecule has 2 atom stereocenters. The lowest BCUT2D eigenvalue weighted by Gasteiger charge is -2.27. The summed E-state index contributed by atoms with van der Waals surface area (Å²) in [6.45, 7) is 2.28. The number of H-pyrrole nitrogens is 1. The number of amides is 1. The van der Waals surface area contributed by atoms with Crippen molar-refractivity contribution in [3.8, 4) is 0 Å². The van der Waals surface area contributed by atoms with Crippen LogP contribution in [0.1, 0.15) is 45.9 Å². The van der Waals surface area contributed by atoms with E-state index in [1.54, 1.807) is 11.3 Å². The number of hydrogen-bond acceptors (Lipinski definition) is 3. The van der Waals surface area contributed by atoms with Gasteiger partial charge in [0.15, 0.2) is 0 Å². The molecule has 0 saturated carbocycles. The van der Waals surface area contributed by atoms with Crippen molar-refractivity contribution in [3.63, 3.8) is 0 Å². The van der Waals surface area contributed by atoms with Crippen LogP contribution in [0.15, 0.2) is 24.3 Å². The molecule has 2 aromatic heterocycles. The summed E-state index contributed by atoms with van der Waals surface area (Å²) >= 11 is 8.18. The molecular formula is C19H18ClN3OS. The first-order chi connectivity index (χ1) is 12.1. The number of benzene rings is 1. The number of hydrogen-bond donors (Lipinski definition) is 3. The summed E-state index contributed by atoms with van der Waals surface area (Å²) < 4.78 is 0. The quantitative estimate of drug-likeness (QED) is 0.572. The SMILES string of the molecule is C[C@H]1CCc2c(sc3c2C(=O)N[C@@H](c2c(Cl)[nH]c4ccccc24)N3)C1. The van der Waals surface area contributed by atoms with Gasteiger partial charge in [-0.05, 0) is 36.8 Å². The lowest BCUT2D eigenvalue weighted by molar-refractivity contribution is 0.0935. The zero-order valence-corrected chi connectivity index (χ0v) is 15.4. The molecule has 1 aromatic carbocycles. The Morgan fingerprint density at radius 1 is 1.24 bits per heavy atom. The third-order valence-electron chi connectivity index (χ3n) is 5.28. The lowest BCUT2D eigenvalue weighted by Crippen LogP contribution is -2.38. The Morgan fingerprint density at radius 3 is 2.96 bits per heavy atom. The maximum Gasteiger partial charge on any atom is 0.256 e. The molecule has 4 nitrogen and oxygen atoms in total. The first kappa shape index (κ1) is 15.3. The van der Waals surface area contributed by atoms with Gasteiger partial charge in [0.2, 0.25) is 0 Å². The highest BCUT2D eigenvalue weighted by Crippen LogP contribution is 2.44. The topological polar surface area (TPSA) is 56.9 Å². The molecular weight excluding hydrogens is 354 g/mol. The van der Waals surface area contributed by atoms with Crippen LogP contribution in [0.3, 0.4) is 0 Å². The average molecular weight is 372 g/mol. The van der Waals surface area contributed by atoms with Gasteiger partial charge in [0.1, 0.15) is 16.3 Å². The fourth-order valence-electron chi connectivity index (χ4n) is 4.02. The standard InChI is InChI=1S/C19H18ClN3OS/c1-9-6-7-11-13(8-9)25-19-15(11)18(24)22-17(23-19)14-10-4-2-3-5-12(10)21-16(14)20/h2-5,9,17,21,23H,6-8H2,1H3,(H,22,24)/t9-,17+/m0/s1. The molecule has 1 aliphatic heterocycles. The van der Waals surface area contributed by atoms with Crippen molar-refractivity contribution in [2.75, 3.05) is 5.32 Å². The number of halogens is 1. The van der Waals surface area contributed by atoms with Gasteiger partial charge in [0, 0.05) is 21.3 Å². The molecule has 1 aliphatic carbocycles. The van der Waals surface area contributed by atoms with Crippen molar-refractivity contribution in [1.82, 2.24) is 10.3 Å². The minimum atomic E-state index is -0.318. The summed E-state index contributed by atoms with van der Waals surface area (Å²) in [5, 5.41) is 9.20. The van der Waals surface area contributed by atoms with Crippen LogP contribution in [0.4, 0.5) is 5.00 Å². The number of carbonyl (C=O) groups excluding carboxylic acids is 1. The van der Waals surface area contributed by atoms with Gasteiger partial charge in [-0.15, -0.1) is 11.3 Å². The van der Waals surface area contributed by atoms with E-state index in [0.29, 0.717) is 11.1 Å². The van der Waals surface area contributed by atoms with Crippen LogP contribution in [0.5, 0.6) is 0 Å². The molecule has 0 unspecified atom stereocenters. The summed E-state index contributed by atoms with van der Waals surface area (Å²) in [6, 6.07) is 7.97. The van der Waals surface area contributed by atoms with Crippen LogP contribution in [0.25, 0.3) is 10.9 Å². The van der Waals surface area contributed by atoms with Crippen molar-refractivity contribution in [3.05, 3.63) is 51.0 Å². The van der Waals surface area contributed by atoms with Gasteiger partial charge < -0.3 is 15.6 Å². The van der Waals surface area contributed by atoms with Crippen molar-refractivity contribution in [2.45, 2.75) is 32.4 Å². The molecule has 128 valence electrons. The first-order valence-corrected chi connectivity index (χ1v) is 9.79. The third kappa shape index (κ3) is 2.29. The smallest absolute Gasteiger partial charge is 0.256 e. The Morgan fingerprint density at radius 2 is 2.08 bits per heavy atom. The molecule has 3 aromatic rings. The zero-order valence-electron chi connectivity index (χ0n) is 13.8. The summed E-state index contributed by atoms with van der Waals surface area (Å²) in [4.78, 5) is 17.4. The van der Waals surface area contributed by atoms with Gasteiger partial charge in [0.05, 0.1) is 5.56 Å². The van der Waals surface area contributed by atoms with E-state index in [0.717, 1.165) is 46.3 Å². The molecule has 5 rings (SSSR count).